The standard InChI is InChI=1S/C21H23Cl2N3OS.ClH/c1-13-10-14(2)19-18(11-13)24-21(28-19)26(9-5-8-25(3)4)20(27)16-12-15(22)6-7-17(16)23;/h6-7,10-12H,5,8-9H2,1-4H3;1H. The van der Waals surface area contributed by atoms with Crippen molar-refractivity contribution in [2.45, 2.75) is 20.3 Å². The Kier molecular flexibility index (Phi) is 8.32. The molecule has 0 aliphatic carbocycles. The van der Waals surface area contributed by atoms with Crippen molar-refractivity contribution < 1.29 is 4.79 Å². The molecular formula is C21H24Cl3N3OS. The van der Waals surface area contributed by atoms with E-state index in [1.807, 2.05) is 14.1 Å². The van der Waals surface area contributed by atoms with Gasteiger partial charge in [0.25, 0.3) is 5.91 Å². The molecule has 4 nitrogen and oxygen atoms in total. The first kappa shape index (κ1) is 23.9. The summed E-state index contributed by atoms with van der Waals surface area (Å²) in [7, 11) is 4.04. The lowest BCUT2D eigenvalue weighted by Gasteiger charge is -2.21. The predicted molar refractivity (Wildman–Crippen MR) is 128 cm³/mol. The van der Waals surface area contributed by atoms with Gasteiger partial charge in [-0.25, -0.2) is 4.98 Å². The van der Waals surface area contributed by atoms with E-state index in [9.17, 15) is 4.79 Å². The Hall–Kier alpha value is -1.37. The molecule has 1 amide bonds. The van der Waals surface area contributed by atoms with E-state index in [-0.39, 0.29) is 18.3 Å². The summed E-state index contributed by atoms with van der Waals surface area (Å²) in [6.45, 7) is 5.55. The number of carbonyl (C=O) groups is 1. The minimum Gasteiger partial charge on any atom is -0.309 e. The minimum atomic E-state index is -0.181. The lowest BCUT2D eigenvalue weighted by Crippen LogP contribution is -2.33. The molecule has 0 radical (unpaired) electrons. The first-order valence-electron chi connectivity index (χ1n) is 9.05. The van der Waals surface area contributed by atoms with E-state index < -0.39 is 0 Å². The van der Waals surface area contributed by atoms with Crippen LogP contribution < -0.4 is 4.90 Å². The van der Waals surface area contributed by atoms with Crippen molar-refractivity contribution in [1.29, 1.82) is 0 Å². The van der Waals surface area contributed by atoms with Crippen molar-refractivity contribution in [3.8, 4) is 0 Å². The fourth-order valence-electron chi connectivity index (χ4n) is 3.12. The van der Waals surface area contributed by atoms with Crippen molar-refractivity contribution in [2.24, 2.45) is 0 Å². The van der Waals surface area contributed by atoms with Crippen LogP contribution in [0.15, 0.2) is 30.3 Å². The number of aryl methyl sites for hydroxylation is 2. The highest BCUT2D eigenvalue weighted by Gasteiger charge is 2.23. The van der Waals surface area contributed by atoms with Crippen molar-refractivity contribution in [1.82, 2.24) is 9.88 Å². The number of fused-ring (bicyclic) bond motifs is 1. The molecule has 8 heteroatoms. The highest BCUT2D eigenvalue weighted by Crippen LogP contribution is 2.34. The highest BCUT2D eigenvalue weighted by atomic mass is 35.5. The molecule has 156 valence electrons. The second-order valence-corrected chi connectivity index (χ2v) is 8.99. The van der Waals surface area contributed by atoms with Gasteiger partial charge in [-0.3, -0.25) is 9.69 Å². The van der Waals surface area contributed by atoms with E-state index in [1.165, 1.54) is 16.9 Å². The number of rotatable bonds is 6. The lowest BCUT2D eigenvalue weighted by molar-refractivity contribution is 0.0986. The Balaban J connectivity index is 0.00000300. The third-order valence-corrected chi connectivity index (χ3v) is 6.22. The Morgan fingerprint density at radius 3 is 2.52 bits per heavy atom. The summed E-state index contributed by atoms with van der Waals surface area (Å²) >= 11 is 13.9. The third-order valence-electron chi connectivity index (χ3n) is 4.43. The normalized spacial score (nSPS) is 11.0. The predicted octanol–water partition coefficient (Wildman–Crippen LogP) is 6.24. The SMILES string of the molecule is Cc1cc(C)c2sc(N(CCCN(C)C)C(=O)c3cc(Cl)ccc3Cl)nc2c1.Cl. The van der Waals surface area contributed by atoms with E-state index >= 15 is 0 Å². The molecule has 0 atom stereocenters. The first-order chi connectivity index (χ1) is 13.3. The second-order valence-electron chi connectivity index (χ2n) is 7.16. The van der Waals surface area contributed by atoms with E-state index in [2.05, 4.69) is 30.9 Å². The van der Waals surface area contributed by atoms with E-state index in [0.29, 0.717) is 27.3 Å². The third kappa shape index (κ3) is 5.62. The zero-order valence-electron chi connectivity index (χ0n) is 16.8. The molecule has 0 saturated carbocycles. The van der Waals surface area contributed by atoms with Gasteiger partial charge in [0.1, 0.15) is 0 Å². The minimum absolute atomic E-state index is 0. The zero-order chi connectivity index (χ0) is 20.4. The van der Waals surface area contributed by atoms with Crippen molar-refractivity contribution in [2.75, 3.05) is 32.1 Å². The van der Waals surface area contributed by atoms with Gasteiger partial charge >= 0.3 is 0 Å². The van der Waals surface area contributed by atoms with Gasteiger partial charge in [0.05, 0.1) is 20.8 Å². The molecule has 1 aromatic heterocycles. The van der Waals surface area contributed by atoms with Crippen LogP contribution in [0.4, 0.5) is 5.13 Å². The van der Waals surface area contributed by atoms with Crippen molar-refractivity contribution in [3.05, 3.63) is 57.1 Å². The number of benzene rings is 2. The number of carbonyl (C=O) groups excluding carboxylic acids is 1. The maximum Gasteiger partial charge on any atom is 0.261 e. The number of anilines is 1. The molecule has 29 heavy (non-hydrogen) atoms. The van der Waals surface area contributed by atoms with E-state index in [0.717, 1.165) is 28.7 Å². The topological polar surface area (TPSA) is 36.4 Å². The van der Waals surface area contributed by atoms with Crippen LogP contribution in [0, 0.1) is 13.8 Å². The largest absolute Gasteiger partial charge is 0.309 e. The molecule has 0 bridgehead atoms. The van der Waals surface area contributed by atoms with Gasteiger partial charge in [-0.2, -0.15) is 0 Å². The number of thiazole rings is 1. The van der Waals surface area contributed by atoms with Gasteiger partial charge < -0.3 is 4.90 Å². The molecule has 0 unspecified atom stereocenters. The Bertz CT molecular complexity index is 1020. The average molecular weight is 473 g/mol. The maximum absolute atomic E-state index is 13.4. The fraction of sp³-hybridized carbons (Fsp3) is 0.333. The van der Waals surface area contributed by atoms with Gasteiger partial charge in [0, 0.05) is 11.6 Å². The van der Waals surface area contributed by atoms with Crippen molar-refractivity contribution in [3.63, 3.8) is 0 Å². The summed E-state index contributed by atoms with van der Waals surface area (Å²) in [6.07, 6.45) is 0.824. The molecule has 2 aromatic carbocycles. The maximum atomic E-state index is 13.4. The quantitative estimate of drug-likeness (QED) is 0.426. The monoisotopic (exact) mass is 471 g/mol. The van der Waals surface area contributed by atoms with Crippen molar-refractivity contribution >= 4 is 68.2 Å². The smallest absolute Gasteiger partial charge is 0.261 e. The Morgan fingerprint density at radius 1 is 1.10 bits per heavy atom. The fourth-order valence-corrected chi connectivity index (χ4v) is 4.53. The van der Waals surface area contributed by atoms with E-state index in [1.54, 1.807) is 23.1 Å². The summed E-state index contributed by atoms with van der Waals surface area (Å²) in [4.78, 5) is 21.9. The molecule has 3 rings (SSSR count). The van der Waals surface area contributed by atoms with Gasteiger partial charge in [-0.05, 0) is 76.3 Å². The number of hydrogen-bond donors (Lipinski definition) is 0. The summed E-state index contributed by atoms with van der Waals surface area (Å²) in [5.74, 6) is -0.181. The number of hydrogen-bond acceptors (Lipinski definition) is 4. The van der Waals surface area contributed by atoms with Crippen LogP contribution in [0.5, 0.6) is 0 Å². The summed E-state index contributed by atoms with van der Waals surface area (Å²) in [6, 6.07) is 9.14. The summed E-state index contributed by atoms with van der Waals surface area (Å²) < 4.78 is 1.10. The Labute approximate surface area is 191 Å². The molecule has 0 spiro atoms. The van der Waals surface area contributed by atoms with Crippen LogP contribution in [-0.4, -0.2) is 43.0 Å². The number of halogens is 3. The van der Waals surface area contributed by atoms with Gasteiger partial charge in [-0.15, -0.1) is 12.4 Å². The highest BCUT2D eigenvalue weighted by molar-refractivity contribution is 7.22. The van der Waals surface area contributed by atoms with Crippen LogP contribution in [0.25, 0.3) is 10.2 Å². The van der Waals surface area contributed by atoms with Crippen LogP contribution >= 0.6 is 46.9 Å². The molecule has 1 heterocycles. The molecule has 0 aliphatic rings. The van der Waals surface area contributed by atoms with Gasteiger partial charge in [0.15, 0.2) is 5.13 Å². The molecule has 0 N–H and O–H groups in total. The molecule has 0 fully saturated rings. The second kappa shape index (κ2) is 10.1. The zero-order valence-corrected chi connectivity index (χ0v) is 20.0. The van der Waals surface area contributed by atoms with E-state index in [4.69, 9.17) is 28.2 Å². The molecule has 0 saturated heterocycles. The first-order valence-corrected chi connectivity index (χ1v) is 10.6. The van der Waals surface area contributed by atoms with Crippen LogP contribution in [0.2, 0.25) is 10.0 Å². The van der Waals surface area contributed by atoms with Crippen LogP contribution in [0.1, 0.15) is 27.9 Å². The lowest BCUT2D eigenvalue weighted by atomic mass is 10.1. The van der Waals surface area contributed by atoms with Gasteiger partial charge in [0.2, 0.25) is 0 Å². The summed E-state index contributed by atoms with van der Waals surface area (Å²) in [5, 5.41) is 1.56. The molecular weight excluding hydrogens is 449 g/mol. The van der Waals surface area contributed by atoms with Gasteiger partial charge in [-0.1, -0.05) is 40.6 Å². The van der Waals surface area contributed by atoms with Crippen LogP contribution in [0.3, 0.4) is 0 Å². The number of amides is 1. The number of nitrogens with zero attached hydrogens (tertiary/aromatic N) is 3. The molecule has 3 aromatic rings. The van der Waals surface area contributed by atoms with Crippen LogP contribution in [-0.2, 0) is 0 Å². The average Bonchev–Trinajstić information content (AvgIpc) is 3.04. The number of aromatic nitrogens is 1. The molecule has 0 aliphatic heterocycles. The summed E-state index contributed by atoms with van der Waals surface area (Å²) in [5.41, 5.74) is 3.64. The Morgan fingerprint density at radius 2 is 1.83 bits per heavy atom.